The lowest BCUT2D eigenvalue weighted by atomic mass is 9.86. The lowest BCUT2D eigenvalue weighted by Gasteiger charge is -2.35. The first kappa shape index (κ1) is 18.0. The van der Waals surface area contributed by atoms with Crippen molar-refractivity contribution in [2.24, 2.45) is 11.8 Å². The molecule has 2 N–H and O–H groups in total. The third-order valence-corrected chi connectivity index (χ3v) is 4.53. The van der Waals surface area contributed by atoms with E-state index in [4.69, 9.17) is 0 Å². The fraction of sp³-hybridized carbons (Fsp3) is 0.500. The molecule has 1 aliphatic heterocycles. The molecule has 3 unspecified atom stereocenters. The summed E-state index contributed by atoms with van der Waals surface area (Å²) >= 11 is 0. The number of benzene rings is 1. The monoisotopic (exact) mass is 332 g/mol. The van der Waals surface area contributed by atoms with Crippen molar-refractivity contribution in [3.63, 3.8) is 0 Å². The Balaban J connectivity index is 2.03. The number of carbonyl (C=O) groups excluding carboxylic acids is 2. The highest BCUT2D eigenvalue weighted by Crippen LogP contribution is 2.25. The van der Waals surface area contributed by atoms with Gasteiger partial charge in [0.1, 0.15) is 0 Å². The molecule has 6 nitrogen and oxygen atoms in total. The summed E-state index contributed by atoms with van der Waals surface area (Å²) in [5.74, 6) is -1.51. The Morgan fingerprint density at radius 2 is 1.96 bits per heavy atom. The number of nitrogens with one attached hydrogen (secondary N) is 1. The number of carbonyl (C=O) groups is 3. The van der Waals surface area contributed by atoms with E-state index in [0.29, 0.717) is 19.5 Å². The molecule has 130 valence electrons. The number of piperidine rings is 1. The molecule has 1 fully saturated rings. The Labute approximate surface area is 141 Å². The molecule has 6 heteroatoms. The first-order valence-corrected chi connectivity index (χ1v) is 8.21. The summed E-state index contributed by atoms with van der Waals surface area (Å²) in [7, 11) is 0. The molecule has 0 spiro atoms. The second-order valence-corrected chi connectivity index (χ2v) is 6.42. The van der Waals surface area contributed by atoms with Crippen molar-refractivity contribution in [1.82, 2.24) is 10.2 Å². The van der Waals surface area contributed by atoms with Gasteiger partial charge in [0, 0.05) is 20.0 Å². The summed E-state index contributed by atoms with van der Waals surface area (Å²) in [6.07, 6.45) is 0.645. The van der Waals surface area contributed by atoms with E-state index in [9.17, 15) is 19.5 Å². The molecule has 1 saturated heterocycles. The summed E-state index contributed by atoms with van der Waals surface area (Å²) in [5, 5.41) is 12.0. The van der Waals surface area contributed by atoms with Crippen LogP contribution in [0.5, 0.6) is 0 Å². The molecular weight excluding hydrogens is 308 g/mol. The number of aliphatic carboxylic acids is 1. The van der Waals surface area contributed by atoms with Crippen LogP contribution >= 0.6 is 0 Å². The molecule has 1 heterocycles. The van der Waals surface area contributed by atoms with E-state index < -0.39 is 11.9 Å². The van der Waals surface area contributed by atoms with Gasteiger partial charge in [0.05, 0.1) is 18.4 Å². The van der Waals surface area contributed by atoms with Crippen LogP contribution in [0, 0.1) is 11.8 Å². The predicted octanol–water partition coefficient (Wildman–Crippen LogP) is 1.82. The van der Waals surface area contributed by atoms with Crippen LogP contribution in [-0.2, 0) is 14.4 Å². The molecule has 2 amide bonds. The van der Waals surface area contributed by atoms with E-state index in [2.05, 4.69) is 5.32 Å². The number of amides is 2. The van der Waals surface area contributed by atoms with Gasteiger partial charge in [-0.2, -0.15) is 0 Å². The maximum Gasteiger partial charge on any atom is 0.306 e. The number of hydrogen-bond donors (Lipinski definition) is 2. The third-order valence-electron chi connectivity index (χ3n) is 4.53. The van der Waals surface area contributed by atoms with E-state index in [-0.39, 0.29) is 30.2 Å². The van der Waals surface area contributed by atoms with Gasteiger partial charge in [0.2, 0.25) is 11.8 Å². The van der Waals surface area contributed by atoms with Crippen LogP contribution in [0.2, 0.25) is 0 Å². The molecule has 24 heavy (non-hydrogen) atoms. The minimum Gasteiger partial charge on any atom is -0.481 e. The average molecular weight is 332 g/mol. The van der Waals surface area contributed by atoms with Crippen molar-refractivity contribution in [1.29, 1.82) is 0 Å². The summed E-state index contributed by atoms with van der Waals surface area (Å²) in [6, 6.07) is 9.02. The van der Waals surface area contributed by atoms with Gasteiger partial charge in [-0.1, -0.05) is 37.3 Å². The lowest BCUT2D eigenvalue weighted by molar-refractivity contribution is -0.148. The van der Waals surface area contributed by atoms with Crippen LogP contribution in [0.1, 0.15) is 38.3 Å². The van der Waals surface area contributed by atoms with E-state index in [1.807, 2.05) is 37.3 Å². The molecule has 0 aromatic heterocycles. The lowest BCUT2D eigenvalue weighted by Crippen LogP contribution is -2.46. The van der Waals surface area contributed by atoms with Gasteiger partial charge in [-0.25, -0.2) is 0 Å². The van der Waals surface area contributed by atoms with Gasteiger partial charge in [0.25, 0.3) is 0 Å². The van der Waals surface area contributed by atoms with Crippen molar-refractivity contribution >= 4 is 17.8 Å². The van der Waals surface area contributed by atoms with Crippen molar-refractivity contribution in [3.05, 3.63) is 35.9 Å². The van der Waals surface area contributed by atoms with Crippen LogP contribution in [-0.4, -0.2) is 40.9 Å². The summed E-state index contributed by atoms with van der Waals surface area (Å²) in [4.78, 5) is 37.0. The molecule has 0 saturated carbocycles. The van der Waals surface area contributed by atoms with E-state index >= 15 is 0 Å². The zero-order valence-corrected chi connectivity index (χ0v) is 14.1. The molecule has 0 radical (unpaired) electrons. The van der Waals surface area contributed by atoms with Crippen LogP contribution < -0.4 is 5.32 Å². The molecule has 3 atom stereocenters. The van der Waals surface area contributed by atoms with Crippen LogP contribution in [0.25, 0.3) is 0 Å². The Hall–Kier alpha value is -2.37. The zero-order chi connectivity index (χ0) is 17.7. The molecule has 1 aromatic carbocycles. The minimum atomic E-state index is -0.796. The van der Waals surface area contributed by atoms with Gasteiger partial charge in [-0.3, -0.25) is 14.4 Å². The maximum atomic E-state index is 12.6. The fourth-order valence-electron chi connectivity index (χ4n) is 3.23. The Kier molecular flexibility index (Phi) is 5.95. The molecule has 1 aromatic rings. The second-order valence-electron chi connectivity index (χ2n) is 6.42. The fourth-order valence-corrected chi connectivity index (χ4v) is 3.23. The number of nitrogens with zero attached hydrogens (tertiary/aromatic N) is 1. The number of likely N-dealkylation sites (tertiary alicyclic amines) is 1. The van der Waals surface area contributed by atoms with Gasteiger partial charge in [-0.15, -0.1) is 0 Å². The second kappa shape index (κ2) is 7.95. The van der Waals surface area contributed by atoms with Gasteiger partial charge >= 0.3 is 5.97 Å². The van der Waals surface area contributed by atoms with Crippen molar-refractivity contribution < 1.29 is 19.5 Å². The Bertz CT molecular complexity index is 602. The zero-order valence-electron chi connectivity index (χ0n) is 14.1. The largest absolute Gasteiger partial charge is 0.481 e. The number of carboxylic acid groups (broad SMARTS) is 1. The number of carboxylic acids is 1. The van der Waals surface area contributed by atoms with E-state index in [0.717, 1.165) is 5.56 Å². The quantitative estimate of drug-likeness (QED) is 0.861. The molecule has 1 aliphatic rings. The number of rotatable bonds is 5. The normalized spacial score (nSPS) is 21.8. The van der Waals surface area contributed by atoms with E-state index in [1.165, 1.54) is 6.92 Å². The number of hydrogen-bond acceptors (Lipinski definition) is 3. The minimum absolute atomic E-state index is 0.0618. The first-order valence-electron chi connectivity index (χ1n) is 8.21. The molecular formula is C18H24N2O4. The highest BCUT2D eigenvalue weighted by Gasteiger charge is 2.33. The highest BCUT2D eigenvalue weighted by atomic mass is 16.4. The van der Waals surface area contributed by atoms with Crippen LogP contribution in [0.4, 0.5) is 0 Å². The van der Waals surface area contributed by atoms with Gasteiger partial charge in [-0.05, 0) is 17.9 Å². The van der Waals surface area contributed by atoms with Crippen molar-refractivity contribution in [3.8, 4) is 0 Å². The molecule has 2 rings (SSSR count). The summed E-state index contributed by atoms with van der Waals surface area (Å²) in [5.41, 5.74) is 0.884. The standard InChI is InChI=1S/C18H24N2O4/c1-12-11-20(9-8-15(12)18(23)24)17(22)10-16(19-13(2)21)14-6-4-3-5-7-14/h3-7,12,15-16H,8-11H2,1-2H3,(H,19,21)(H,23,24). The van der Waals surface area contributed by atoms with Crippen LogP contribution in [0.15, 0.2) is 30.3 Å². The first-order chi connectivity index (χ1) is 11.4. The van der Waals surface area contributed by atoms with Crippen molar-refractivity contribution in [2.75, 3.05) is 13.1 Å². The van der Waals surface area contributed by atoms with E-state index in [1.54, 1.807) is 4.90 Å². The van der Waals surface area contributed by atoms with Gasteiger partial charge < -0.3 is 15.3 Å². The summed E-state index contributed by atoms with van der Waals surface area (Å²) in [6.45, 7) is 4.18. The summed E-state index contributed by atoms with van der Waals surface area (Å²) < 4.78 is 0. The average Bonchev–Trinajstić information content (AvgIpc) is 2.54. The SMILES string of the molecule is CC(=O)NC(CC(=O)N1CCC(C(=O)O)C(C)C1)c1ccccc1. The predicted molar refractivity (Wildman–Crippen MR) is 89.1 cm³/mol. The molecule has 0 bridgehead atoms. The Morgan fingerprint density at radius 3 is 2.50 bits per heavy atom. The smallest absolute Gasteiger partial charge is 0.306 e. The maximum absolute atomic E-state index is 12.6. The van der Waals surface area contributed by atoms with Gasteiger partial charge in [0.15, 0.2) is 0 Å². The Morgan fingerprint density at radius 1 is 1.29 bits per heavy atom. The topological polar surface area (TPSA) is 86.7 Å². The van der Waals surface area contributed by atoms with Crippen LogP contribution in [0.3, 0.4) is 0 Å². The highest BCUT2D eigenvalue weighted by molar-refractivity contribution is 5.79. The van der Waals surface area contributed by atoms with Crippen molar-refractivity contribution in [2.45, 2.75) is 32.7 Å². The third kappa shape index (κ3) is 4.57. The molecule has 0 aliphatic carbocycles.